The minimum absolute atomic E-state index is 0.0854. The van der Waals surface area contributed by atoms with Crippen LogP contribution in [0.3, 0.4) is 0 Å². The van der Waals surface area contributed by atoms with Crippen molar-refractivity contribution in [3.05, 3.63) is 58.3 Å². The molecular weight excluding hydrogens is 359 g/mol. The van der Waals surface area contributed by atoms with E-state index >= 15 is 0 Å². The van der Waals surface area contributed by atoms with Crippen LogP contribution < -0.4 is 5.73 Å². The molecule has 21 heavy (non-hydrogen) atoms. The molecule has 0 spiro atoms. The summed E-state index contributed by atoms with van der Waals surface area (Å²) in [7, 11) is -2.22. The van der Waals surface area contributed by atoms with E-state index in [0.717, 1.165) is 0 Å². The summed E-state index contributed by atoms with van der Waals surface area (Å²) in [5, 5.41) is 0. The van der Waals surface area contributed by atoms with Gasteiger partial charge in [-0.2, -0.15) is 4.31 Å². The molecule has 0 heterocycles. The van der Waals surface area contributed by atoms with Crippen molar-refractivity contribution in [2.45, 2.75) is 11.4 Å². The van der Waals surface area contributed by atoms with Crippen LogP contribution in [0.1, 0.15) is 5.56 Å². The Morgan fingerprint density at radius 3 is 2.57 bits per heavy atom. The Bertz CT molecular complexity index is 765. The highest BCUT2D eigenvalue weighted by atomic mass is 79.9. The second-order valence-corrected chi connectivity index (χ2v) is 7.47. The first-order valence-electron chi connectivity index (χ1n) is 6.06. The lowest BCUT2D eigenvalue weighted by Crippen LogP contribution is -2.26. The van der Waals surface area contributed by atoms with Gasteiger partial charge in [0.2, 0.25) is 10.0 Å². The standard InChI is InChI=1S/C14H14BrFN2O2S/c1-18(9-10-3-2-4-11(16)7-10)21(19,20)12-5-6-14(17)13(15)8-12/h2-8H,9,17H2,1H3. The summed E-state index contributed by atoms with van der Waals surface area (Å²) in [5.74, 6) is -0.395. The largest absolute Gasteiger partial charge is 0.398 e. The molecule has 2 aromatic rings. The average Bonchev–Trinajstić information content (AvgIpc) is 2.41. The van der Waals surface area contributed by atoms with Crippen molar-refractivity contribution in [2.24, 2.45) is 0 Å². The summed E-state index contributed by atoms with van der Waals surface area (Å²) >= 11 is 3.21. The maximum Gasteiger partial charge on any atom is 0.243 e. The molecule has 0 amide bonds. The zero-order chi connectivity index (χ0) is 15.6. The van der Waals surface area contributed by atoms with Crippen LogP contribution in [-0.2, 0) is 16.6 Å². The molecule has 0 atom stereocenters. The zero-order valence-electron chi connectivity index (χ0n) is 11.3. The van der Waals surface area contributed by atoms with Crippen molar-refractivity contribution in [2.75, 3.05) is 12.8 Å². The lowest BCUT2D eigenvalue weighted by molar-refractivity contribution is 0.465. The molecule has 0 saturated heterocycles. The number of nitrogens with two attached hydrogens (primary N) is 1. The predicted octanol–water partition coefficient (Wildman–Crippen LogP) is 2.99. The molecule has 0 unspecified atom stereocenters. The van der Waals surface area contributed by atoms with Crippen molar-refractivity contribution in [3.8, 4) is 0 Å². The molecule has 0 aromatic heterocycles. The molecule has 2 rings (SSSR count). The van der Waals surface area contributed by atoms with Crippen LogP contribution >= 0.6 is 15.9 Å². The van der Waals surface area contributed by atoms with Crippen LogP contribution in [0.15, 0.2) is 51.8 Å². The van der Waals surface area contributed by atoms with E-state index in [0.29, 0.717) is 15.7 Å². The molecule has 0 aliphatic rings. The summed E-state index contributed by atoms with van der Waals surface area (Å²) in [5.41, 5.74) is 6.69. The number of nitrogens with zero attached hydrogens (tertiary/aromatic N) is 1. The molecule has 0 fully saturated rings. The third-order valence-electron chi connectivity index (χ3n) is 2.97. The summed E-state index contributed by atoms with van der Waals surface area (Å²) in [6.07, 6.45) is 0. The van der Waals surface area contributed by atoms with Gasteiger partial charge in [0.1, 0.15) is 5.82 Å². The molecule has 0 bridgehead atoms. The maximum absolute atomic E-state index is 13.1. The van der Waals surface area contributed by atoms with Crippen LogP contribution in [0.4, 0.5) is 10.1 Å². The van der Waals surface area contributed by atoms with E-state index in [2.05, 4.69) is 15.9 Å². The summed E-state index contributed by atoms with van der Waals surface area (Å²) in [6.45, 7) is 0.0854. The highest BCUT2D eigenvalue weighted by Crippen LogP contribution is 2.25. The zero-order valence-corrected chi connectivity index (χ0v) is 13.7. The van der Waals surface area contributed by atoms with E-state index in [1.54, 1.807) is 12.1 Å². The molecule has 7 heteroatoms. The lowest BCUT2D eigenvalue weighted by atomic mass is 10.2. The molecule has 4 nitrogen and oxygen atoms in total. The number of halogens is 2. The van der Waals surface area contributed by atoms with E-state index in [9.17, 15) is 12.8 Å². The normalized spacial score (nSPS) is 11.8. The molecule has 112 valence electrons. The number of nitrogen functional groups attached to an aromatic ring is 1. The number of rotatable bonds is 4. The van der Waals surface area contributed by atoms with Gasteiger partial charge in [0.15, 0.2) is 0 Å². The third-order valence-corrected chi connectivity index (χ3v) is 5.46. The highest BCUT2D eigenvalue weighted by molar-refractivity contribution is 9.10. The molecular formula is C14H14BrFN2O2S. The van der Waals surface area contributed by atoms with Crippen molar-refractivity contribution in [3.63, 3.8) is 0 Å². The van der Waals surface area contributed by atoms with Crippen molar-refractivity contribution in [1.29, 1.82) is 0 Å². The minimum Gasteiger partial charge on any atom is -0.398 e. The second-order valence-electron chi connectivity index (χ2n) is 4.57. The molecule has 0 aliphatic heterocycles. The third kappa shape index (κ3) is 3.61. The Morgan fingerprint density at radius 1 is 1.24 bits per heavy atom. The Hall–Kier alpha value is -1.44. The number of hydrogen-bond donors (Lipinski definition) is 1. The quantitative estimate of drug-likeness (QED) is 0.839. The summed E-state index contributed by atoms with van der Waals surface area (Å²) in [4.78, 5) is 0.127. The monoisotopic (exact) mass is 372 g/mol. The predicted molar refractivity (Wildman–Crippen MR) is 83.6 cm³/mol. The van der Waals surface area contributed by atoms with Gasteiger partial charge in [-0.15, -0.1) is 0 Å². The van der Waals surface area contributed by atoms with E-state index in [1.165, 1.54) is 41.7 Å². The number of hydrogen-bond acceptors (Lipinski definition) is 3. The number of anilines is 1. The first-order chi connectivity index (χ1) is 9.80. The van der Waals surface area contributed by atoms with E-state index in [1.807, 2.05) is 0 Å². The second kappa shape index (κ2) is 6.13. The highest BCUT2D eigenvalue weighted by Gasteiger charge is 2.21. The first kappa shape index (κ1) is 15.9. The average molecular weight is 373 g/mol. The van der Waals surface area contributed by atoms with Gasteiger partial charge in [-0.3, -0.25) is 0 Å². The SMILES string of the molecule is CN(Cc1cccc(F)c1)S(=O)(=O)c1ccc(N)c(Br)c1. The summed E-state index contributed by atoms with van der Waals surface area (Å²) in [6, 6.07) is 10.3. The molecule has 0 saturated carbocycles. The van der Waals surface area contributed by atoms with Crippen LogP contribution in [-0.4, -0.2) is 19.8 Å². The van der Waals surface area contributed by atoms with Crippen LogP contribution in [0, 0.1) is 5.82 Å². The van der Waals surface area contributed by atoms with Gasteiger partial charge < -0.3 is 5.73 Å². The Kier molecular flexibility index (Phi) is 4.65. The van der Waals surface area contributed by atoms with Crippen molar-refractivity contribution < 1.29 is 12.8 Å². The fraction of sp³-hybridized carbons (Fsp3) is 0.143. The van der Waals surface area contributed by atoms with Gasteiger partial charge in [0, 0.05) is 23.8 Å². The smallest absolute Gasteiger partial charge is 0.243 e. The van der Waals surface area contributed by atoms with Gasteiger partial charge in [-0.25, -0.2) is 12.8 Å². The lowest BCUT2D eigenvalue weighted by Gasteiger charge is -2.17. The molecule has 0 aliphatic carbocycles. The van der Waals surface area contributed by atoms with Gasteiger partial charge in [0.05, 0.1) is 4.90 Å². The van der Waals surface area contributed by atoms with Crippen molar-refractivity contribution >= 4 is 31.6 Å². The van der Waals surface area contributed by atoms with Gasteiger partial charge in [-0.1, -0.05) is 12.1 Å². The molecule has 2 N–H and O–H groups in total. The fourth-order valence-electron chi connectivity index (χ4n) is 1.83. The molecule has 2 aromatic carbocycles. The van der Waals surface area contributed by atoms with Gasteiger partial charge >= 0.3 is 0 Å². The topological polar surface area (TPSA) is 63.4 Å². The first-order valence-corrected chi connectivity index (χ1v) is 8.30. The fourth-order valence-corrected chi connectivity index (χ4v) is 3.54. The Morgan fingerprint density at radius 2 is 1.95 bits per heavy atom. The van der Waals surface area contributed by atoms with E-state index < -0.39 is 15.8 Å². The van der Waals surface area contributed by atoms with Gasteiger partial charge in [-0.05, 0) is 51.8 Å². The Balaban J connectivity index is 2.28. The van der Waals surface area contributed by atoms with Gasteiger partial charge in [0.25, 0.3) is 0 Å². The van der Waals surface area contributed by atoms with E-state index in [4.69, 9.17) is 5.73 Å². The maximum atomic E-state index is 13.1. The Labute approximate surface area is 131 Å². The van der Waals surface area contributed by atoms with Crippen LogP contribution in [0.25, 0.3) is 0 Å². The minimum atomic E-state index is -3.66. The number of sulfonamides is 1. The van der Waals surface area contributed by atoms with Crippen LogP contribution in [0.2, 0.25) is 0 Å². The van der Waals surface area contributed by atoms with Crippen LogP contribution in [0.5, 0.6) is 0 Å². The van der Waals surface area contributed by atoms with Crippen molar-refractivity contribution in [1.82, 2.24) is 4.31 Å². The number of benzene rings is 2. The molecule has 0 radical (unpaired) electrons. The van der Waals surface area contributed by atoms with E-state index in [-0.39, 0.29) is 11.4 Å². The summed E-state index contributed by atoms with van der Waals surface area (Å²) < 4.78 is 39.7.